The van der Waals surface area contributed by atoms with Crippen molar-refractivity contribution < 1.29 is 4.39 Å². The van der Waals surface area contributed by atoms with E-state index in [0.717, 1.165) is 19.3 Å². The number of benzene rings is 2. The highest BCUT2D eigenvalue weighted by Crippen LogP contribution is 2.35. The number of aryl methyl sites for hydroxylation is 1. The molecule has 0 radical (unpaired) electrons. The Morgan fingerprint density at radius 3 is 2.76 bits per heavy atom. The second-order valence-corrected chi connectivity index (χ2v) is 6.19. The molecule has 2 aromatic rings. The van der Waals surface area contributed by atoms with Crippen molar-refractivity contribution in [2.24, 2.45) is 11.7 Å². The van der Waals surface area contributed by atoms with Crippen molar-refractivity contribution in [1.29, 1.82) is 0 Å². The van der Waals surface area contributed by atoms with Crippen molar-refractivity contribution in [2.75, 3.05) is 0 Å². The first-order valence-corrected chi connectivity index (χ1v) is 7.81. The van der Waals surface area contributed by atoms with Crippen LogP contribution in [0.4, 0.5) is 4.39 Å². The van der Waals surface area contributed by atoms with Crippen LogP contribution in [0.1, 0.15) is 35.6 Å². The van der Waals surface area contributed by atoms with Crippen LogP contribution in [-0.2, 0) is 12.8 Å². The van der Waals surface area contributed by atoms with Gasteiger partial charge in [0.25, 0.3) is 0 Å². The van der Waals surface area contributed by atoms with Crippen LogP contribution < -0.4 is 5.73 Å². The molecular formula is C18H19ClFN. The largest absolute Gasteiger partial charge is 0.324 e. The second kappa shape index (κ2) is 6.17. The number of nitrogens with two attached hydrogens (primary N) is 1. The van der Waals surface area contributed by atoms with Crippen LogP contribution in [0.5, 0.6) is 0 Å². The lowest BCUT2D eigenvalue weighted by atomic mass is 9.86. The van der Waals surface area contributed by atoms with Gasteiger partial charge >= 0.3 is 0 Å². The Kier molecular flexibility index (Phi) is 4.27. The molecule has 0 aromatic heterocycles. The molecule has 3 heteroatoms. The molecule has 0 saturated carbocycles. The molecule has 21 heavy (non-hydrogen) atoms. The van der Waals surface area contributed by atoms with Gasteiger partial charge < -0.3 is 5.73 Å². The molecule has 3 rings (SSSR count). The van der Waals surface area contributed by atoms with Crippen molar-refractivity contribution in [3.05, 3.63) is 70.0 Å². The van der Waals surface area contributed by atoms with Crippen LogP contribution in [0.15, 0.2) is 42.5 Å². The molecule has 1 nitrogen and oxygen atoms in total. The lowest BCUT2D eigenvalue weighted by molar-refractivity contribution is 0.396. The molecule has 0 bridgehead atoms. The summed E-state index contributed by atoms with van der Waals surface area (Å²) in [5, 5.41) is 0.500. The molecule has 1 aliphatic carbocycles. The maximum atomic E-state index is 14.0. The van der Waals surface area contributed by atoms with E-state index in [2.05, 4.69) is 18.2 Å². The maximum absolute atomic E-state index is 14.0. The summed E-state index contributed by atoms with van der Waals surface area (Å²) in [5.41, 5.74) is 9.60. The molecule has 0 heterocycles. The highest BCUT2D eigenvalue weighted by atomic mass is 35.5. The topological polar surface area (TPSA) is 26.0 Å². The first-order valence-electron chi connectivity index (χ1n) is 7.43. The molecule has 1 aliphatic rings. The van der Waals surface area contributed by atoms with Gasteiger partial charge in [-0.15, -0.1) is 0 Å². The van der Waals surface area contributed by atoms with E-state index in [9.17, 15) is 4.39 Å². The minimum Gasteiger partial charge on any atom is -0.324 e. The monoisotopic (exact) mass is 303 g/mol. The Labute approximate surface area is 129 Å². The fourth-order valence-electron chi connectivity index (χ4n) is 3.29. The molecule has 2 unspecified atom stereocenters. The normalized spacial score (nSPS) is 21.7. The van der Waals surface area contributed by atoms with Gasteiger partial charge in [-0.25, -0.2) is 4.39 Å². The highest BCUT2D eigenvalue weighted by molar-refractivity contribution is 6.31. The lowest BCUT2D eigenvalue weighted by Crippen LogP contribution is -2.23. The Balaban J connectivity index is 1.90. The molecule has 0 aliphatic heterocycles. The van der Waals surface area contributed by atoms with Gasteiger partial charge in [0.15, 0.2) is 0 Å². The number of hydrogen-bond donors (Lipinski definition) is 1. The average Bonchev–Trinajstić information content (AvgIpc) is 2.63. The number of fused-ring (bicyclic) bond motifs is 1. The van der Waals surface area contributed by atoms with E-state index in [4.69, 9.17) is 17.3 Å². The minimum atomic E-state index is -0.229. The van der Waals surface area contributed by atoms with Gasteiger partial charge in [-0.1, -0.05) is 41.9 Å². The minimum absolute atomic E-state index is 0.0561. The van der Waals surface area contributed by atoms with Crippen LogP contribution in [0.2, 0.25) is 5.02 Å². The third kappa shape index (κ3) is 2.97. The molecule has 0 spiro atoms. The van der Waals surface area contributed by atoms with Crippen LogP contribution in [0.3, 0.4) is 0 Å². The zero-order valence-corrected chi connectivity index (χ0v) is 12.6. The molecule has 2 N–H and O–H groups in total. The molecule has 0 amide bonds. The summed E-state index contributed by atoms with van der Waals surface area (Å²) in [6.45, 7) is 0. The Morgan fingerprint density at radius 2 is 1.95 bits per heavy atom. The molecule has 0 fully saturated rings. The summed E-state index contributed by atoms with van der Waals surface area (Å²) in [6, 6.07) is 13.1. The first-order chi connectivity index (χ1) is 10.2. The molecular weight excluding hydrogens is 285 g/mol. The predicted octanol–water partition coefficient (Wildman–Crippen LogP) is 4.67. The standard InChI is InChI=1S/C18H19ClFN/c19-16-9-4-10-17(20)15(16)11-13-7-3-6-12-5-1-2-8-14(12)18(13)21/h1-2,4-5,8-10,13,18H,3,6-7,11,21H2. The summed E-state index contributed by atoms with van der Waals surface area (Å²) in [5.74, 6) is -0.00437. The Hall–Kier alpha value is -1.38. The van der Waals surface area contributed by atoms with Gasteiger partial charge in [0.1, 0.15) is 5.82 Å². The van der Waals surface area contributed by atoms with Crippen molar-refractivity contribution in [3.63, 3.8) is 0 Å². The van der Waals surface area contributed by atoms with E-state index in [1.165, 1.54) is 17.2 Å². The van der Waals surface area contributed by atoms with Crippen molar-refractivity contribution in [1.82, 2.24) is 0 Å². The van der Waals surface area contributed by atoms with Crippen molar-refractivity contribution >= 4 is 11.6 Å². The summed E-state index contributed by atoms with van der Waals surface area (Å²) >= 11 is 6.16. The smallest absolute Gasteiger partial charge is 0.127 e. The average molecular weight is 304 g/mol. The highest BCUT2D eigenvalue weighted by Gasteiger charge is 2.26. The summed E-state index contributed by atoms with van der Waals surface area (Å²) < 4.78 is 14.0. The third-order valence-corrected chi connectivity index (χ3v) is 4.83. The van der Waals surface area contributed by atoms with Crippen molar-refractivity contribution in [3.8, 4) is 0 Å². The van der Waals surface area contributed by atoms with E-state index in [-0.39, 0.29) is 17.8 Å². The van der Waals surface area contributed by atoms with Gasteiger partial charge in [-0.05, 0) is 54.9 Å². The molecule has 2 aromatic carbocycles. The fraction of sp³-hybridized carbons (Fsp3) is 0.333. The van der Waals surface area contributed by atoms with Gasteiger partial charge in [-0.3, -0.25) is 0 Å². The SMILES string of the molecule is NC1c2ccccc2CCCC1Cc1c(F)cccc1Cl. The number of rotatable bonds is 2. The number of hydrogen-bond acceptors (Lipinski definition) is 1. The van der Waals surface area contributed by atoms with E-state index in [0.29, 0.717) is 17.0 Å². The van der Waals surface area contributed by atoms with Crippen LogP contribution >= 0.6 is 11.6 Å². The summed E-state index contributed by atoms with van der Waals surface area (Å²) in [7, 11) is 0. The van der Waals surface area contributed by atoms with E-state index in [1.807, 2.05) is 6.07 Å². The quantitative estimate of drug-likeness (QED) is 0.801. The van der Waals surface area contributed by atoms with Gasteiger partial charge in [0.05, 0.1) is 0 Å². The van der Waals surface area contributed by atoms with E-state index < -0.39 is 0 Å². The summed E-state index contributed by atoms with van der Waals surface area (Å²) in [6.07, 6.45) is 3.73. The Morgan fingerprint density at radius 1 is 1.14 bits per heavy atom. The Bertz CT molecular complexity index is 621. The van der Waals surface area contributed by atoms with E-state index in [1.54, 1.807) is 12.1 Å². The third-order valence-electron chi connectivity index (χ3n) is 4.47. The van der Waals surface area contributed by atoms with Gasteiger partial charge in [0.2, 0.25) is 0 Å². The molecule has 110 valence electrons. The van der Waals surface area contributed by atoms with Gasteiger partial charge in [0, 0.05) is 16.6 Å². The maximum Gasteiger partial charge on any atom is 0.127 e. The van der Waals surface area contributed by atoms with Crippen LogP contribution in [0.25, 0.3) is 0 Å². The summed E-state index contributed by atoms with van der Waals surface area (Å²) in [4.78, 5) is 0. The second-order valence-electron chi connectivity index (χ2n) is 5.78. The first kappa shape index (κ1) is 14.6. The lowest BCUT2D eigenvalue weighted by Gasteiger charge is -2.23. The number of halogens is 2. The van der Waals surface area contributed by atoms with Crippen LogP contribution in [-0.4, -0.2) is 0 Å². The zero-order valence-electron chi connectivity index (χ0n) is 11.9. The van der Waals surface area contributed by atoms with E-state index >= 15 is 0 Å². The molecule has 0 saturated heterocycles. The zero-order chi connectivity index (χ0) is 14.8. The fourth-order valence-corrected chi connectivity index (χ4v) is 3.53. The van der Waals surface area contributed by atoms with Crippen molar-refractivity contribution in [2.45, 2.75) is 31.7 Å². The predicted molar refractivity (Wildman–Crippen MR) is 84.9 cm³/mol. The molecule has 2 atom stereocenters. The van der Waals surface area contributed by atoms with Gasteiger partial charge in [-0.2, -0.15) is 0 Å². The van der Waals surface area contributed by atoms with Crippen LogP contribution in [0, 0.1) is 11.7 Å².